The Hall–Kier alpha value is -1.61. The van der Waals surface area contributed by atoms with Gasteiger partial charge in [-0.25, -0.2) is 4.79 Å². The second-order valence-electron chi connectivity index (χ2n) is 9.56. The van der Waals surface area contributed by atoms with E-state index in [1.54, 1.807) is 0 Å². The van der Waals surface area contributed by atoms with Gasteiger partial charge in [0.15, 0.2) is 0 Å². The highest BCUT2D eigenvalue weighted by atomic mass is 19.4. The minimum Gasteiger partial charge on any atom is -0.475 e. The average molecular weight is 446 g/mol. The number of hydrogen-bond acceptors (Lipinski definition) is 5. The van der Waals surface area contributed by atoms with Crippen molar-refractivity contribution in [1.29, 1.82) is 0 Å². The second kappa shape index (κ2) is 9.90. The van der Waals surface area contributed by atoms with Gasteiger partial charge < -0.3 is 14.5 Å². The maximum absolute atomic E-state index is 10.6. The lowest BCUT2D eigenvalue weighted by molar-refractivity contribution is -0.192. The number of carboxylic acid groups (broad SMARTS) is 1. The molecule has 31 heavy (non-hydrogen) atoms. The van der Waals surface area contributed by atoms with Crippen LogP contribution in [-0.2, 0) is 11.3 Å². The van der Waals surface area contributed by atoms with E-state index in [2.05, 4.69) is 21.9 Å². The Morgan fingerprint density at radius 1 is 1.13 bits per heavy atom. The van der Waals surface area contributed by atoms with Gasteiger partial charge in [0.2, 0.25) is 0 Å². The number of nitrogens with zero attached hydrogens (tertiary/aromatic N) is 3. The fourth-order valence-corrected chi connectivity index (χ4v) is 5.47. The molecule has 9 heteroatoms. The molecule has 0 bridgehead atoms. The van der Waals surface area contributed by atoms with Crippen LogP contribution in [0.2, 0.25) is 0 Å². The quantitative estimate of drug-likeness (QED) is 0.741. The molecule has 3 fully saturated rings. The predicted octanol–water partition coefficient (Wildman–Crippen LogP) is 4.40. The normalized spacial score (nSPS) is 25.7. The molecule has 2 aliphatic heterocycles. The standard InChI is InChI=1S/C20H33N3O.C2HF3O2/c1-16-19(17(2)24-21-16)13-22-10-5-8-20(14-22)9-11-23(15-20)12-18-6-3-4-7-18;3-2(4,5)1(6)7/h18H,3-15H2,1-2H3;(H,6,7). The van der Waals surface area contributed by atoms with Crippen LogP contribution in [-0.4, -0.2) is 64.9 Å². The fraction of sp³-hybridized carbons (Fsp3) is 0.818. The van der Waals surface area contributed by atoms with E-state index in [1.807, 2.05) is 6.92 Å². The molecule has 3 heterocycles. The summed E-state index contributed by atoms with van der Waals surface area (Å²) in [4.78, 5) is 14.3. The third-order valence-electron chi connectivity index (χ3n) is 7.05. The lowest BCUT2D eigenvalue weighted by Gasteiger charge is -2.40. The smallest absolute Gasteiger partial charge is 0.475 e. The van der Waals surface area contributed by atoms with E-state index in [0.29, 0.717) is 5.41 Å². The summed E-state index contributed by atoms with van der Waals surface area (Å²) in [6.45, 7) is 11.7. The maximum Gasteiger partial charge on any atom is 0.490 e. The van der Waals surface area contributed by atoms with E-state index >= 15 is 0 Å². The number of hydrogen-bond donors (Lipinski definition) is 1. The molecule has 6 nitrogen and oxygen atoms in total. The first-order valence-electron chi connectivity index (χ1n) is 11.2. The number of aromatic nitrogens is 1. The van der Waals surface area contributed by atoms with E-state index in [1.165, 1.54) is 83.2 Å². The largest absolute Gasteiger partial charge is 0.490 e. The molecule has 1 aliphatic carbocycles. The molecule has 1 aromatic heterocycles. The van der Waals surface area contributed by atoms with Crippen LogP contribution in [0.4, 0.5) is 13.2 Å². The number of piperidine rings is 1. The van der Waals surface area contributed by atoms with Crippen LogP contribution >= 0.6 is 0 Å². The lowest BCUT2D eigenvalue weighted by atomic mass is 9.79. The van der Waals surface area contributed by atoms with Gasteiger partial charge in [0.25, 0.3) is 0 Å². The SMILES string of the molecule is Cc1noc(C)c1CN1CCCC2(CCN(CC3CCCC3)C2)C1.O=C(O)C(F)(F)F. The first-order valence-corrected chi connectivity index (χ1v) is 11.2. The van der Waals surface area contributed by atoms with Gasteiger partial charge in [-0.05, 0) is 70.4 Å². The highest BCUT2D eigenvalue weighted by Gasteiger charge is 2.42. The van der Waals surface area contributed by atoms with Crippen molar-refractivity contribution in [3.8, 4) is 0 Å². The van der Waals surface area contributed by atoms with E-state index < -0.39 is 12.1 Å². The molecule has 4 rings (SSSR count). The molecule has 1 spiro atoms. The lowest BCUT2D eigenvalue weighted by Crippen LogP contribution is -2.44. The number of carbonyl (C=O) groups is 1. The van der Waals surface area contributed by atoms with Gasteiger partial charge in [-0.15, -0.1) is 0 Å². The Labute approximate surface area is 181 Å². The summed E-state index contributed by atoms with van der Waals surface area (Å²) in [7, 11) is 0. The molecule has 176 valence electrons. The zero-order valence-electron chi connectivity index (χ0n) is 18.5. The molecular weight excluding hydrogens is 411 g/mol. The van der Waals surface area contributed by atoms with Crippen LogP contribution in [0.25, 0.3) is 0 Å². The minimum absolute atomic E-state index is 0.551. The Balaban J connectivity index is 0.000000339. The van der Waals surface area contributed by atoms with Crippen molar-refractivity contribution in [3.05, 3.63) is 17.0 Å². The summed E-state index contributed by atoms with van der Waals surface area (Å²) < 4.78 is 37.1. The third kappa shape index (κ3) is 6.44. The van der Waals surface area contributed by atoms with Crippen molar-refractivity contribution in [3.63, 3.8) is 0 Å². The highest BCUT2D eigenvalue weighted by Crippen LogP contribution is 2.40. The molecule has 0 amide bonds. The highest BCUT2D eigenvalue weighted by molar-refractivity contribution is 5.73. The Bertz CT molecular complexity index is 727. The second-order valence-corrected chi connectivity index (χ2v) is 9.56. The molecule has 1 saturated carbocycles. The minimum atomic E-state index is -5.08. The van der Waals surface area contributed by atoms with Crippen LogP contribution in [0.3, 0.4) is 0 Å². The average Bonchev–Trinajstić information content (AvgIpc) is 3.41. The fourth-order valence-electron chi connectivity index (χ4n) is 5.47. The maximum atomic E-state index is 10.6. The summed E-state index contributed by atoms with van der Waals surface area (Å²) in [5.41, 5.74) is 2.93. The van der Waals surface area contributed by atoms with Crippen molar-refractivity contribution >= 4 is 5.97 Å². The molecule has 3 aliphatic rings. The molecule has 1 atom stereocenters. The van der Waals surface area contributed by atoms with Gasteiger partial charge in [0, 0.05) is 31.7 Å². The number of carboxylic acids is 1. The molecule has 1 N–H and O–H groups in total. The van der Waals surface area contributed by atoms with E-state index in [0.717, 1.165) is 23.9 Å². The van der Waals surface area contributed by atoms with E-state index in [4.69, 9.17) is 14.4 Å². The van der Waals surface area contributed by atoms with Crippen LogP contribution in [0.1, 0.15) is 62.0 Å². The van der Waals surface area contributed by atoms with Gasteiger partial charge in [0.1, 0.15) is 5.76 Å². The van der Waals surface area contributed by atoms with Crippen molar-refractivity contribution in [1.82, 2.24) is 15.0 Å². The number of halogens is 3. The van der Waals surface area contributed by atoms with Crippen LogP contribution in [0.5, 0.6) is 0 Å². The van der Waals surface area contributed by atoms with Crippen LogP contribution < -0.4 is 0 Å². The summed E-state index contributed by atoms with van der Waals surface area (Å²) >= 11 is 0. The molecular formula is C22H34F3N3O3. The van der Waals surface area contributed by atoms with Gasteiger partial charge in [0.05, 0.1) is 5.69 Å². The molecule has 0 radical (unpaired) electrons. The predicted molar refractivity (Wildman–Crippen MR) is 110 cm³/mol. The topological polar surface area (TPSA) is 69.8 Å². The summed E-state index contributed by atoms with van der Waals surface area (Å²) in [5.74, 6) is -0.768. The van der Waals surface area contributed by atoms with Crippen molar-refractivity contribution < 1.29 is 27.6 Å². The monoisotopic (exact) mass is 445 g/mol. The zero-order valence-corrected chi connectivity index (χ0v) is 18.5. The van der Waals surface area contributed by atoms with E-state index in [9.17, 15) is 13.2 Å². The van der Waals surface area contributed by atoms with Crippen molar-refractivity contribution in [2.75, 3.05) is 32.7 Å². The summed E-state index contributed by atoms with van der Waals surface area (Å²) in [5, 5.41) is 11.3. The van der Waals surface area contributed by atoms with Gasteiger partial charge in [-0.3, -0.25) is 4.90 Å². The number of alkyl halides is 3. The number of aliphatic carboxylic acids is 1. The first-order chi connectivity index (χ1) is 14.6. The zero-order chi connectivity index (χ0) is 22.6. The first kappa shape index (κ1) is 24.0. The molecule has 2 saturated heterocycles. The molecule has 0 aromatic carbocycles. The van der Waals surface area contributed by atoms with Crippen LogP contribution in [0.15, 0.2) is 4.52 Å². The van der Waals surface area contributed by atoms with Gasteiger partial charge >= 0.3 is 12.1 Å². The molecule has 1 aromatic rings. The van der Waals surface area contributed by atoms with Crippen molar-refractivity contribution in [2.24, 2.45) is 11.3 Å². The third-order valence-corrected chi connectivity index (χ3v) is 7.05. The van der Waals surface area contributed by atoms with Gasteiger partial charge in [-0.2, -0.15) is 13.2 Å². The number of aryl methyl sites for hydroxylation is 2. The number of likely N-dealkylation sites (tertiary alicyclic amines) is 2. The summed E-state index contributed by atoms with van der Waals surface area (Å²) in [6.07, 6.45) is 4.97. The summed E-state index contributed by atoms with van der Waals surface area (Å²) in [6, 6.07) is 0. The molecule has 1 unspecified atom stereocenters. The van der Waals surface area contributed by atoms with Crippen LogP contribution in [0, 0.1) is 25.2 Å². The number of rotatable bonds is 4. The van der Waals surface area contributed by atoms with Gasteiger partial charge in [-0.1, -0.05) is 18.0 Å². The Morgan fingerprint density at radius 3 is 2.35 bits per heavy atom. The van der Waals surface area contributed by atoms with E-state index in [-0.39, 0.29) is 0 Å². The Kier molecular flexibility index (Phi) is 7.68. The Morgan fingerprint density at radius 2 is 1.77 bits per heavy atom. The van der Waals surface area contributed by atoms with Crippen molar-refractivity contribution in [2.45, 2.75) is 71.5 Å².